The molecule has 0 amide bonds. The zero-order chi connectivity index (χ0) is 20.9. The first-order valence-electron chi connectivity index (χ1n) is 10.6. The number of aromatic hydroxyl groups is 1. The number of phenolic OH excluding ortho intramolecular Hbond substituents is 1. The molecule has 156 valence electrons. The van der Waals surface area contributed by atoms with Gasteiger partial charge in [-0.15, -0.1) is 0 Å². The Morgan fingerprint density at radius 1 is 1.00 bits per heavy atom. The van der Waals surface area contributed by atoms with Crippen LogP contribution in [0.5, 0.6) is 11.5 Å². The van der Waals surface area contributed by atoms with E-state index in [1.54, 1.807) is 7.11 Å². The summed E-state index contributed by atoms with van der Waals surface area (Å²) >= 11 is 6.46. The quantitative estimate of drug-likeness (QED) is 0.502. The molecule has 0 spiro atoms. The smallest absolute Gasteiger partial charge is 0.138 e. The van der Waals surface area contributed by atoms with Gasteiger partial charge in [0, 0.05) is 41.5 Å². The summed E-state index contributed by atoms with van der Waals surface area (Å²) in [6, 6.07) is 18.2. The zero-order valence-electron chi connectivity index (χ0n) is 17.4. The lowest BCUT2D eigenvalue weighted by Crippen LogP contribution is -2.30. The van der Waals surface area contributed by atoms with E-state index in [4.69, 9.17) is 16.3 Å². The number of rotatable bonds is 6. The monoisotopic (exact) mass is 421 g/mol. The number of fused-ring (bicyclic) bond motifs is 1. The van der Waals surface area contributed by atoms with Gasteiger partial charge in [0.05, 0.1) is 12.1 Å². The number of halogens is 1. The molecule has 4 rings (SSSR count). The van der Waals surface area contributed by atoms with Crippen molar-refractivity contribution in [1.82, 2.24) is 4.90 Å². The number of piperidine rings is 1. The highest BCUT2D eigenvalue weighted by atomic mass is 35.5. The maximum Gasteiger partial charge on any atom is 0.138 e. The van der Waals surface area contributed by atoms with E-state index in [1.807, 2.05) is 30.3 Å². The second-order valence-electron chi connectivity index (χ2n) is 7.86. The number of hydrogen-bond acceptors (Lipinski definition) is 3. The summed E-state index contributed by atoms with van der Waals surface area (Å²) < 4.78 is 5.31. The van der Waals surface area contributed by atoms with E-state index in [9.17, 15) is 5.11 Å². The van der Waals surface area contributed by atoms with Crippen molar-refractivity contribution in [2.45, 2.75) is 32.1 Å². The number of likely N-dealkylation sites (tertiary alicyclic amines) is 1. The first-order valence-corrected chi connectivity index (χ1v) is 11.0. The molecule has 3 aromatic rings. The Morgan fingerprint density at radius 2 is 1.73 bits per heavy atom. The van der Waals surface area contributed by atoms with Crippen molar-refractivity contribution in [3.05, 3.63) is 82.5 Å². The Bertz CT molecular complexity index is 1040. The number of hydrogen-bond donors (Lipinski definition) is 1. The SMILES string of the molecule is COc1ccc2c(O)c(C/C(=C/Cc3ccccc3)N3CCCCC3)ccc2c1Cl. The number of phenols is 1. The highest BCUT2D eigenvalue weighted by molar-refractivity contribution is 6.37. The molecule has 1 saturated heterocycles. The van der Waals surface area contributed by atoms with Crippen LogP contribution in [-0.4, -0.2) is 30.2 Å². The summed E-state index contributed by atoms with van der Waals surface area (Å²) in [4.78, 5) is 2.48. The van der Waals surface area contributed by atoms with Gasteiger partial charge in [0.25, 0.3) is 0 Å². The predicted molar refractivity (Wildman–Crippen MR) is 125 cm³/mol. The number of nitrogens with zero attached hydrogens (tertiary/aromatic N) is 1. The lowest BCUT2D eigenvalue weighted by molar-refractivity contribution is 0.279. The van der Waals surface area contributed by atoms with E-state index in [0.717, 1.165) is 35.8 Å². The molecule has 1 aliphatic rings. The summed E-state index contributed by atoms with van der Waals surface area (Å²) in [6.07, 6.45) is 7.67. The number of allylic oxidation sites excluding steroid dienone is 2. The van der Waals surface area contributed by atoms with Crippen molar-refractivity contribution in [2.75, 3.05) is 20.2 Å². The lowest BCUT2D eigenvalue weighted by atomic mass is 9.99. The number of methoxy groups -OCH3 is 1. The van der Waals surface area contributed by atoms with Crippen LogP contribution in [0.1, 0.15) is 30.4 Å². The van der Waals surface area contributed by atoms with Gasteiger partial charge in [-0.2, -0.15) is 0 Å². The van der Waals surface area contributed by atoms with E-state index in [-0.39, 0.29) is 0 Å². The third-order valence-corrected chi connectivity index (χ3v) is 6.31. The van der Waals surface area contributed by atoms with E-state index in [2.05, 4.69) is 35.2 Å². The molecule has 0 aromatic heterocycles. The minimum Gasteiger partial charge on any atom is -0.507 e. The molecule has 3 nitrogen and oxygen atoms in total. The maximum atomic E-state index is 11.0. The highest BCUT2D eigenvalue weighted by Gasteiger charge is 2.17. The molecule has 0 aliphatic carbocycles. The van der Waals surface area contributed by atoms with Gasteiger partial charge in [-0.3, -0.25) is 0 Å². The molecule has 30 heavy (non-hydrogen) atoms. The maximum absolute atomic E-state index is 11.0. The van der Waals surface area contributed by atoms with Crippen molar-refractivity contribution in [2.24, 2.45) is 0 Å². The first kappa shape index (κ1) is 20.6. The van der Waals surface area contributed by atoms with E-state index in [1.165, 1.54) is 30.5 Å². The summed E-state index contributed by atoms with van der Waals surface area (Å²) in [5, 5.41) is 13.1. The zero-order valence-corrected chi connectivity index (χ0v) is 18.2. The Hall–Kier alpha value is -2.65. The van der Waals surface area contributed by atoms with Gasteiger partial charge in [-0.25, -0.2) is 0 Å². The number of benzene rings is 3. The molecule has 0 atom stereocenters. The molecule has 4 heteroatoms. The Kier molecular flexibility index (Phi) is 6.49. The average Bonchev–Trinajstić information content (AvgIpc) is 2.80. The summed E-state index contributed by atoms with van der Waals surface area (Å²) in [5.41, 5.74) is 3.51. The Balaban J connectivity index is 1.66. The molecular formula is C26H28ClNO2. The molecule has 3 aromatic carbocycles. The van der Waals surface area contributed by atoms with Crippen LogP contribution in [0.2, 0.25) is 5.02 Å². The Labute approximate surface area is 183 Å². The normalized spacial score (nSPS) is 14.9. The van der Waals surface area contributed by atoms with Crippen LogP contribution in [0.3, 0.4) is 0 Å². The van der Waals surface area contributed by atoms with Crippen molar-refractivity contribution >= 4 is 22.4 Å². The first-order chi connectivity index (χ1) is 14.7. The average molecular weight is 422 g/mol. The van der Waals surface area contributed by atoms with Crippen LogP contribution >= 0.6 is 11.6 Å². The number of ether oxygens (including phenoxy) is 1. The molecule has 1 heterocycles. The molecular weight excluding hydrogens is 394 g/mol. The highest BCUT2D eigenvalue weighted by Crippen LogP contribution is 2.39. The van der Waals surface area contributed by atoms with Crippen LogP contribution in [0.4, 0.5) is 0 Å². The van der Waals surface area contributed by atoms with Crippen LogP contribution in [0, 0.1) is 0 Å². The third-order valence-electron chi connectivity index (χ3n) is 5.92. The molecule has 1 aliphatic heterocycles. The van der Waals surface area contributed by atoms with Crippen molar-refractivity contribution in [3.63, 3.8) is 0 Å². The molecule has 1 N–H and O–H groups in total. The molecule has 0 bridgehead atoms. The van der Waals surface area contributed by atoms with Gasteiger partial charge >= 0.3 is 0 Å². The van der Waals surface area contributed by atoms with Gasteiger partial charge < -0.3 is 14.7 Å². The van der Waals surface area contributed by atoms with Gasteiger partial charge in [0.15, 0.2) is 0 Å². The standard InChI is InChI=1S/C26H28ClNO2/c1-30-24-15-14-23-22(25(24)27)13-11-20(26(23)29)18-21(28-16-6-3-7-17-28)12-10-19-8-4-2-5-9-19/h2,4-5,8-9,11-15,29H,3,6-7,10,16-18H2,1H3/b21-12-. The largest absolute Gasteiger partial charge is 0.507 e. The van der Waals surface area contributed by atoms with Gasteiger partial charge in [-0.05, 0) is 43.4 Å². The van der Waals surface area contributed by atoms with Crippen molar-refractivity contribution in [3.8, 4) is 11.5 Å². The summed E-state index contributed by atoms with van der Waals surface area (Å²) in [6.45, 7) is 2.16. The lowest BCUT2D eigenvalue weighted by Gasteiger charge is -2.31. The minimum absolute atomic E-state index is 0.305. The Morgan fingerprint density at radius 3 is 2.47 bits per heavy atom. The summed E-state index contributed by atoms with van der Waals surface area (Å²) in [5.74, 6) is 0.924. The van der Waals surface area contributed by atoms with Crippen LogP contribution in [0.15, 0.2) is 66.4 Å². The topological polar surface area (TPSA) is 32.7 Å². The molecule has 1 fully saturated rings. The fourth-order valence-electron chi connectivity index (χ4n) is 4.22. The van der Waals surface area contributed by atoms with E-state index < -0.39 is 0 Å². The fraction of sp³-hybridized carbons (Fsp3) is 0.308. The molecule has 0 radical (unpaired) electrons. The molecule has 0 saturated carbocycles. The van der Waals surface area contributed by atoms with Crippen molar-refractivity contribution in [1.29, 1.82) is 0 Å². The van der Waals surface area contributed by atoms with Crippen molar-refractivity contribution < 1.29 is 9.84 Å². The molecule has 0 unspecified atom stereocenters. The second kappa shape index (κ2) is 9.44. The minimum atomic E-state index is 0.305. The second-order valence-corrected chi connectivity index (χ2v) is 8.24. The van der Waals surface area contributed by atoms with Gasteiger partial charge in [0.1, 0.15) is 11.5 Å². The van der Waals surface area contributed by atoms with Crippen LogP contribution in [0.25, 0.3) is 10.8 Å². The fourth-order valence-corrected chi connectivity index (χ4v) is 4.52. The van der Waals surface area contributed by atoms with Gasteiger partial charge in [-0.1, -0.05) is 60.1 Å². The van der Waals surface area contributed by atoms with E-state index in [0.29, 0.717) is 22.9 Å². The van der Waals surface area contributed by atoms with E-state index >= 15 is 0 Å². The predicted octanol–water partition coefficient (Wildman–Crippen LogP) is 6.36. The van der Waals surface area contributed by atoms with Gasteiger partial charge in [0.2, 0.25) is 0 Å². The van der Waals surface area contributed by atoms with Crippen LogP contribution in [-0.2, 0) is 12.8 Å². The third kappa shape index (κ3) is 4.41. The summed E-state index contributed by atoms with van der Waals surface area (Å²) in [7, 11) is 1.60. The van der Waals surface area contributed by atoms with Crippen LogP contribution < -0.4 is 4.74 Å².